The van der Waals surface area contributed by atoms with Gasteiger partial charge in [0.05, 0.1) is 5.41 Å². The zero-order chi connectivity index (χ0) is 105. The number of hydrogen-bond acceptors (Lipinski definition) is 2. The number of esters is 1. The maximum Gasteiger partial charge on any atom is 0.312 e. The number of carbonyl (C=O) groups is 1. The molecule has 0 aromatic heterocycles. The average molecular weight is 1840 g/mol. The van der Waals surface area contributed by atoms with Gasteiger partial charge >= 0.3 is 5.97 Å². The van der Waals surface area contributed by atoms with Crippen molar-refractivity contribution in [2.75, 3.05) is 0 Å². The summed E-state index contributed by atoms with van der Waals surface area (Å²) < 4.78 is 7.07. The SMILES string of the molecule is CCC(C)(C)C(C)(CC)C(C)(CC)C(C)(CC)C(C)(CC)C(C)(CC)C(C)(CC)C(C)(CC)C(C)(CC)C(C)(CC)C(C)(CC)C(C)(CC)C(C)(CC)C(C)(CC)C(C)(CC)C(C)(CC)C(C)(CC)C(C)(CC)C(C)(CC)C(C)(CC)C(C)(CC)C(C)(CC)C(C)(CC)C(C)(CC)C(C)(CC)C(C)(CC)C(C)(CC)C(C)(CC)C(C)(CC)C(C)(CC)C(=O)OC1(C)CCCCC1. The zero-order valence-corrected chi connectivity index (χ0v) is 104. The van der Waals surface area contributed by atoms with E-state index in [1.165, 1.54) is 38.5 Å². The summed E-state index contributed by atoms with van der Waals surface area (Å²) in [6, 6.07) is 0. The molecule has 0 aromatic carbocycles. The van der Waals surface area contributed by atoms with Crippen molar-refractivity contribution in [1.82, 2.24) is 0 Å². The molecular formula is C129H256O2. The van der Waals surface area contributed by atoms with Crippen LogP contribution in [0.4, 0.5) is 0 Å². The molecule has 1 aliphatic carbocycles. The fraction of sp³-hybridized carbons (Fsp3) is 0.992. The highest BCUT2D eigenvalue weighted by atomic mass is 16.6. The van der Waals surface area contributed by atoms with E-state index in [1.807, 2.05) is 0 Å². The van der Waals surface area contributed by atoms with Crippen molar-refractivity contribution in [1.29, 1.82) is 0 Å². The van der Waals surface area contributed by atoms with E-state index in [-0.39, 0.29) is 163 Å². The van der Waals surface area contributed by atoms with Gasteiger partial charge in [-0.15, -0.1) is 0 Å². The van der Waals surface area contributed by atoms with Crippen molar-refractivity contribution in [3.63, 3.8) is 0 Å². The third kappa shape index (κ3) is 15.2. The summed E-state index contributed by atoms with van der Waals surface area (Å²) in [6.45, 7) is 170. The van der Waals surface area contributed by atoms with Crippen molar-refractivity contribution >= 4 is 5.97 Å². The molecule has 2 nitrogen and oxygen atoms in total. The number of rotatable bonds is 61. The van der Waals surface area contributed by atoms with Gasteiger partial charge in [-0.2, -0.15) is 0 Å². The van der Waals surface area contributed by atoms with Gasteiger partial charge in [-0.3, -0.25) is 4.79 Å². The molecule has 1 aliphatic rings. The van der Waals surface area contributed by atoms with E-state index < -0.39 is 11.0 Å². The lowest BCUT2D eigenvalue weighted by Crippen LogP contribution is -2.73. The minimum absolute atomic E-state index is 0.0160. The first-order valence-electron chi connectivity index (χ1n) is 58.6. The van der Waals surface area contributed by atoms with E-state index >= 15 is 4.79 Å². The normalized spacial score (nSPS) is 27.6. The second kappa shape index (κ2) is 42.4. The lowest BCUT2D eigenvalue weighted by Gasteiger charge is -2.79. The Morgan fingerprint density at radius 2 is 0.267 bits per heavy atom. The van der Waals surface area contributed by atoms with Gasteiger partial charge in [0.1, 0.15) is 5.60 Å². The molecule has 0 radical (unpaired) electrons. The Labute approximate surface area is 832 Å². The topological polar surface area (TPSA) is 26.3 Å². The van der Waals surface area contributed by atoms with Gasteiger partial charge in [0.15, 0.2) is 0 Å². The summed E-state index contributed by atoms with van der Waals surface area (Å²) in [5.74, 6) is 0.0491. The van der Waals surface area contributed by atoms with E-state index in [2.05, 4.69) is 429 Å². The lowest BCUT2D eigenvalue weighted by molar-refractivity contribution is -0.316. The molecule has 29 atom stereocenters. The largest absolute Gasteiger partial charge is 0.459 e. The van der Waals surface area contributed by atoms with Gasteiger partial charge in [-0.25, -0.2) is 0 Å². The third-order valence-electron chi connectivity index (χ3n) is 59.7. The van der Waals surface area contributed by atoms with E-state index in [0.29, 0.717) is 0 Å². The Morgan fingerprint density at radius 1 is 0.160 bits per heavy atom. The molecule has 0 bridgehead atoms. The molecule has 0 saturated heterocycles. The monoisotopic (exact) mass is 1840 g/mol. The maximum atomic E-state index is 15.9. The molecule has 131 heavy (non-hydrogen) atoms. The van der Waals surface area contributed by atoms with Gasteiger partial charge in [-0.1, -0.05) is 428 Å². The molecular weight excluding hydrogens is 1580 g/mol. The second-order valence-electron chi connectivity index (χ2n) is 54.5. The fourth-order valence-electron chi connectivity index (χ4n) is 42.0. The Bertz CT molecular complexity index is 3470. The molecule has 0 heterocycles. The minimum atomic E-state index is -0.699. The van der Waals surface area contributed by atoms with E-state index in [9.17, 15) is 0 Å². The van der Waals surface area contributed by atoms with Crippen LogP contribution in [0.3, 0.4) is 0 Å². The highest BCUT2D eigenvalue weighted by Gasteiger charge is 2.82. The lowest BCUT2D eigenvalue weighted by atomic mass is 9.25. The van der Waals surface area contributed by atoms with Gasteiger partial charge < -0.3 is 4.74 Å². The minimum Gasteiger partial charge on any atom is -0.459 e. The zero-order valence-electron chi connectivity index (χ0n) is 104. The molecule has 1 fully saturated rings. The van der Waals surface area contributed by atoms with Crippen molar-refractivity contribution in [3.8, 4) is 0 Å². The quantitative estimate of drug-likeness (QED) is 0.0568. The number of carbonyl (C=O) groups excluding carboxylic acids is 1. The Hall–Kier alpha value is -0.530. The molecule has 0 amide bonds. The fourth-order valence-corrected chi connectivity index (χ4v) is 42.0. The smallest absolute Gasteiger partial charge is 0.312 e. The molecule has 1 saturated carbocycles. The van der Waals surface area contributed by atoms with Crippen LogP contribution in [0.2, 0.25) is 0 Å². The van der Waals surface area contributed by atoms with Crippen LogP contribution in [-0.2, 0) is 9.53 Å². The molecule has 784 valence electrons. The van der Waals surface area contributed by atoms with Crippen LogP contribution in [-0.4, -0.2) is 11.6 Å². The van der Waals surface area contributed by atoms with Crippen LogP contribution >= 0.6 is 0 Å². The van der Waals surface area contributed by atoms with Gasteiger partial charge in [-0.05, 0) is 383 Å². The van der Waals surface area contributed by atoms with E-state index in [1.54, 1.807) is 0 Å². The highest BCUT2D eigenvalue weighted by molar-refractivity contribution is 5.78. The van der Waals surface area contributed by atoms with Crippen LogP contribution in [0, 0.1) is 162 Å². The number of ether oxygens (including phenoxy) is 1. The summed E-state index contributed by atoms with van der Waals surface area (Å²) in [7, 11) is 0. The summed E-state index contributed by atoms with van der Waals surface area (Å²) >= 11 is 0. The molecule has 0 aromatic rings. The summed E-state index contributed by atoms with van der Waals surface area (Å²) in [5, 5.41) is 0. The van der Waals surface area contributed by atoms with Crippen LogP contribution in [0.25, 0.3) is 0 Å². The van der Waals surface area contributed by atoms with Crippen LogP contribution < -0.4 is 0 Å². The molecule has 0 spiro atoms. The first kappa shape index (κ1) is 128. The van der Waals surface area contributed by atoms with Crippen LogP contribution in [0.15, 0.2) is 0 Å². The van der Waals surface area contributed by atoms with E-state index in [4.69, 9.17) is 4.74 Å². The molecule has 2 heteroatoms. The second-order valence-corrected chi connectivity index (χ2v) is 54.5. The van der Waals surface area contributed by atoms with E-state index in [0.717, 1.165) is 186 Å². The van der Waals surface area contributed by atoms with Crippen molar-refractivity contribution in [2.24, 2.45) is 162 Å². The molecule has 29 unspecified atom stereocenters. The first-order chi connectivity index (χ1) is 59.4. The predicted molar refractivity (Wildman–Crippen MR) is 595 cm³/mol. The highest BCUT2D eigenvalue weighted by Crippen LogP contribution is 2.88. The van der Waals surface area contributed by atoms with Crippen molar-refractivity contribution in [3.05, 3.63) is 0 Å². The Kier molecular flexibility index (Phi) is 41.6. The average Bonchev–Trinajstić information content (AvgIpc) is 0.658. The maximum absolute atomic E-state index is 15.9. The van der Waals surface area contributed by atoms with Gasteiger partial charge in [0, 0.05) is 0 Å². The summed E-state index contributed by atoms with van der Waals surface area (Å²) in [5.41, 5.74) is -4.27. The predicted octanol–water partition coefficient (Wildman–Crippen LogP) is 44.8. The molecule has 0 aliphatic heterocycles. The van der Waals surface area contributed by atoms with Gasteiger partial charge in [0.2, 0.25) is 0 Å². The van der Waals surface area contributed by atoms with Gasteiger partial charge in [0.25, 0.3) is 0 Å². The van der Waals surface area contributed by atoms with Crippen LogP contribution in [0.1, 0.15) is 654 Å². The Morgan fingerprint density at radius 3 is 0.366 bits per heavy atom. The standard InChI is InChI=1S/C129H256O2/c1-63-99(31,32)102(35,65-3)104(37,67-5)106(39,69-7)108(41,71-9)110(43,73-11)112(45,75-13)114(47,77-15)116(49,79-17)118(51,81-19)120(53,83-21)122(55,85-23)124(57,87-25)126(59,89-27)128(61,91-29)129(62,92-30)127(60,90-28)125(58,88-26)123(56,86-24)121(54,84-22)119(52,82-20)117(50,80-18)115(48,78-16)113(46,76-14)111(44,74-12)109(42,72-10)107(40,70-8)105(38,68-6)103(36,66-4)101(34,64-2)98(130)131-100(33)96-94-93-95-97-100/h63-97H2,1-62H3. The van der Waals surface area contributed by atoms with Crippen LogP contribution in [0.5, 0.6) is 0 Å². The third-order valence-corrected chi connectivity index (χ3v) is 59.7. The first-order valence-corrected chi connectivity index (χ1v) is 58.6. The summed E-state index contributed by atoms with van der Waals surface area (Å²) in [4.78, 5) is 15.9. The molecule has 1 rings (SSSR count). The molecule has 0 N–H and O–H groups in total. The Balaban J connectivity index is 5.39. The van der Waals surface area contributed by atoms with Crippen molar-refractivity contribution in [2.45, 2.75) is 660 Å². The van der Waals surface area contributed by atoms with Crippen molar-refractivity contribution < 1.29 is 9.53 Å². The summed E-state index contributed by atoms with van der Waals surface area (Å²) in [6.07, 6.45) is 38.6. The number of hydrogen-bond donors (Lipinski definition) is 0.